The summed E-state index contributed by atoms with van der Waals surface area (Å²) < 4.78 is 5.32. The summed E-state index contributed by atoms with van der Waals surface area (Å²) in [5, 5.41) is 12.9. The van der Waals surface area contributed by atoms with Gasteiger partial charge in [-0.25, -0.2) is 4.79 Å². The van der Waals surface area contributed by atoms with Crippen LogP contribution < -0.4 is 5.32 Å². The van der Waals surface area contributed by atoms with Crippen LogP contribution in [0.1, 0.15) is 13.8 Å². The Morgan fingerprint density at radius 3 is 2.75 bits per heavy atom. The van der Waals surface area contributed by atoms with Crippen LogP contribution in [0.3, 0.4) is 0 Å². The molecule has 2 aromatic rings. The fourth-order valence-corrected chi connectivity index (χ4v) is 1.46. The molecule has 0 atom stereocenters. The molecule has 1 heterocycles. The number of furan rings is 1. The van der Waals surface area contributed by atoms with Crippen molar-refractivity contribution in [1.29, 1.82) is 0 Å². The zero-order valence-corrected chi connectivity index (χ0v) is 9.15. The zero-order valence-electron chi connectivity index (χ0n) is 9.15. The number of para-hydroxylation sites is 1. The standard InChI is InChI=1S/C12H13NO3/c1-12(2,11(14)15)13-9-7-16-10-6-4-3-5-8(9)10/h3-7,13H,1-2H3,(H,14,15). The average molecular weight is 219 g/mol. The molecule has 16 heavy (non-hydrogen) atoms. The molecule has 0 aliphatic heterocycles. The van der Waals surface area contributed by atoms with Crippen LogP contribution in [0, 0.1) is 0 Å². The summed E-state index contributed by atoms with van der Waals surface area (Å²) in [5.74, 6) is -0.905. The molecule has 1 aromatic heterocycles. The van der Waals surface area contributed by atoms with Crippen LogP contribution in [0.25, 0.3) is 11.0 Å². The van der Waals surface area contributed by atoms with Gasteiger partial charge >= 0.3 is 5.97 Å². The number of hydrogen-bond acceptors (Lipinski definition) is 3. The van der Waals surface area contributed by atoms with Gasteiger partial charge in [0.2, 0.25) is 0 Å². The van der Waals surface area contributed by atoms with Gasteiger partial charge < -0.3 is 14.8 Å². The van der Waals surface area contributed by atoms with E-state index in [0.29, 0.717) is 5.69 Å². The van der Waals surface area contributed by atoms with Gasteiger partial charge in [-0.1, -0.05) is 12.1 Å². The second kappa shape index (κ2) is 3.56. The van der Waals surface area contributed by atoms with Crippen LogP contribution in [-0.2, 0) is 4.79 Å². The maximum atomic E-state index is 11.0. The third-order valence-corrected chi connectivity index (χ3v) is 2.46. The van der Waals surface area contributed by atoms with E-state index >= 15 is 0 Å². The lowest BCUT2D eigenvalue weighted by atomic mass is 10.1. The Balaban J connectivity index is 2.38. The fraction of sp³-hybridized carbons (Fsp3) is 0.250. The van der Waals surface area contributed by atoms with E-state index in [0.717, 1.165) is 11.0 Å². The molecule has 4 nitrogen and oxygen atoms in total. The van der Waals surface area contributed by atoms with E-state index < -0.39 is 11.5 Å². The van der Waals surface area contributed by atoms with Crippen molar-refractivity contribution in [2.24, 2.45) is 0 Å². The van der Waals surface area contributed by atoms with Gasteiger partial charge in [-0.2, -0.15) is 0 Å². The number of benzene rings is 1. The van der Waals surface area contributed by atoms with Crippen LogP contribution in [0.4, 0.5) is 5.69 Å². The van der Waals surface area contributed by atoms with Crippen LogP contribution in [-0.4, -0.2) is 16.6 Å². The molecular weight excluding hydrogens is 206 g/mol. The number of fused-ring (bicyclic) bond motifs is 1. The van der Waals surface area contributed by atoms with Crippen molar-refractivity contribution in [3.05, 3.63) is 30.5 Å². The Kier molecular flexibility index (Phi) is 2.34. The number of aliphatic carboxylic acids is 1. The quantitative estimate of drug-likeness (QED) is 0.833. The Morgan fingerprint density at radius 2 is 2.06 bits per heavy atom. The molecule has 0 bridgehead atoms. The van der Waals surface area contributed by atoms with Crippen molar-refractivity contribution in [1.82, 2.24) is 0 Å². The Bertz CT molecular complexity index is 528. The molecule has 0 radical (unpaired) electrons. The first-order valence-corrected chi connectivity index (χ1v) is 4.98. The molecule has 0 saturated heterocycles. The number of anilines is 1. The first-order valence-electron chi connectivity index (χ1n) is 4.98. The second-order valence-electron chi connectivity index (χ2n) is 4.20. The predicted octanol–water partition coefficient (Wildman–Crippen LogP) is 2.71. The minimum Gasteiger partial charge on any atom is -0.480 e. The van der Waals surface area contributed by atoms with Crippen LogP contribution in [0.15, 0.2) is 34.9 Å². The monoisotopic (exact) mass is 219 g/mol. The van der Waals surface area contributed by atoms with Gasteiger partial charge in [0.25, 0.3) is 0 Å². The van der Waals surface area contributed by atoms with E-state index in [9.17, 15) is 4.79 Å². The van der Waals surface area contributed by atoms with Gasteiger partial charge in [0.15, 0.2) is 0 Å². The summed E-state index contributed by atoms with van der Waals surface area (Å²) in [7, 11) is 0. The molecule has 0 saturated carbocycles. The summed E-state index contributed by atoms with van der Waals surface area (Å²) in [5.41, 5.74) is 0.418. The lowest BCUT2D eigenvalue weighted by Gasteiger charge is -2.21. The van der Waals surface area contributed by atoms with Crippen molar-refractivity contribution in [2.45, 2.75) is 19.4 Å². The van der Waals surface area contributed by atoms with Crippen LogP contribution in [0.5, 0.6) is 0 Å². The molecule has 4 heteroatoms. The zero-order chi connectivity index (χ0) is 11.8. The largest absolute Gasteiger partial charge is 0.480 e. The number of carboxylic acid groups (broad SMARTS) is 1. The van der Waals surface area contributed by atoms with Gasteiger partial charge in [-0.05, 0) is 26.0 Å². The first-order chi connectivity index (χ1) is 7.50. The highest BCUT2D eigenvalue weighted by atomic mass is 16.4. The number of carboxylic acids is 1. The molecular formula is C12H13NO3. The smallest absolute Gasteiger partial charge is 0.328 e. The summed E-state index contributed by atoms with van der Waals surface area (Å²) in [4.78, 5) is 11.0. The maximum Gasteiger partial charge on any atom is 0.328 e. The topological polar surface area (TPSA) is 62.5 Å². The lowest BCUT2D eigenvalue weighted by molar-refractivity contribution is -0.141. The van der Waals surface area contributed by atoms with E-state index in [1.165, 1.54) is 6.26 Å². The summed E-state index contributed by atoms with van der Waals surface area (Å²) >= 11 is 0. The number of carbonyl (C=O) groups is 1. The van der Waals surface area contributed by atoms with Gasteiger partial charge in [0, 0.05) is 5.39 Å². The minimum atomic E-state index is -1.02. The normalized spacial score (nSPS) is 11.6. The molecule has 0 amide bonds. The Morgan fingerprint density at radius 1 is 1.38 bits per heavy atom. The predicted molar refractivity (Wildman–Crippen MR) is 61.6 cm³/mol. The van der Waals surface area contributed by atoms with E-state index in [1.807, 2.05) is 24.3 Å². The number of hydrogen-bond donors (Lipinski definition) is 2. The Labute approximate surface area is 92.9 Å². The summed E-state index contributed by atoms with van der Waals surface area (Å²) in [6.07, 6.45) is 1.54. The van der Waals surface area contributed by atoms with E-state index in [2.05, 4.69) is 5.32 Å². The van der Waals surface area contributed by atoms with Crippen molar-refractivity contribution in [3.63, 3.8) is 0 Å². The molecule has 1 aromatic carbocycles. The third kappa shape index (κ3) is 1.74. The Hall–Kier alpha value is -1.97. The highest BCUT2D eigenvalue weighted by molar-refractivity contribution is 5.93. The lowest BCUT2D eigenvalue weighted by Crippen LogP contribution is -2.39. The first kappa shape index (κ1) is 10.5. The highest BCUT2D eigenvalue weighted by Gasteiger charge is 2.27. The molecule has 0 aliphatic rings. The molecule has 2 rings (SSSR count). The number of rotatable bonds is 3. The van der Waals surface area contributed by atoms with Crippen molar-refractivity contribution in [2.75, 3.05) is 5.32 Å². The van der Waals surface area contributed by atoms with Gasteiger partial charge in [0.05, 0.1) is 5.69 Å². The summed E-state index contributed by atoms with van der Waals surface area (Å²) in [6, 6.07) is 7.49. The average Bonchev–Trinajstić information content (AvgIpc) is 2.61. The molecule has 2 N–H and O–H groups in total. The highest BCUT2D eigenvalue weighted by Crippen LogP contribution is 2.27. The second-order valence-corrected chi connectivity index (χ2v) is 4.20. The molecule has 0 spiro atoms. The molecule has 0 unspecified atom stereocenters. The van der Waals surface area contributed by atoms with Crippen LogP contribution >= 0.6 is 0 Å². The van der Waals surface area contributed by atoms with Crippen LogP contribution in [0.2, 0.25) is 0 Å². The maximum absolute atomic E-state index is 11.0. The van der Waals surface area contributed by atoms with E-state index in [1.54, 1.807) is 13.8 Å². The fourth-order valence-electron chi connectivity index (χ4n) is 1.46. The van der Waals surface area contributed by atoms with Crippen molar-refractivity contribution < 1.29 is 14.3 Å². The summed E-state index contributed by atoms with van der Waals surface area (Å²) in [6.45, 7) is 3.22. The molecule has 0 aliphatic carbocycles. The SMILES string of the molecule is CC(C)(Nc1coc2ccccc12)C(=O)O. The van der Waals surface area contributed by atoms with Gasteiger partial charge in [-0.3, -0.25) is 0 Å². The van der Waals surface area contributed by atoms with Gasteiger partial charge in [-0.15, -0.1) is 0 Å². The molecule has 84 valence electrons. The third-order valence-electron chi connectivity index (χ3n) is 2.46. The van der Waals surface area contributed by atoms with E-state index in [4.69, 9.17) is 9.52 Å². The molecule has 0 fully saturated rings. The van der Waals surface area contributed by atoms with Crippen molar-refractivity contribution >= 4 is 22.6 Å². The number of nitrogens with one attached hydrogen (secondary N) is 1. The van der Waals surface area contributed by atoms with Gasteiger partial charge in [0.1, 0.15) is 17.4 Å². The van der Waals surface area contributed by atoms with E-state index in [-0.39, 0.29) is 0 Å². The van der Waals surface area contributed by atoms with Crippen molar-refractivity contribution in [3.8, 4) is 0 Å². The minimum absolute atomic E-state index is 0.697.